The molecule has 0 unspecified atom stereocenters. The largest absolute Gasteiger partial charge is 0.301 e. The maximum absolute atomic E-state index is 11.1. The standard InChI is InChI=1S/C13H18ClNOS/c1-5-15(13(3,4)9-16)17-12-8-6-7-11(14)10(12)2/h6-9H,5H2,1-4H3. The molecule has 1 rings (SSSR count). The molecule has 94 valence electrons. The van der Waals surface area contributed by atoms with Crippen LogP contribution in [0, 0.1) is 6.92 Å². The molecule has 1 aromatic carbocycles. The van der Waals surface area contributed by atoms with Crippen molar-refractivity contribution in [3.8, 4) is 0 Å². The maximum Gasteiger partial charge on any atom is 0.140 e. The Morgan fingerprint density at radius 2 is 2.12 bits per heavy atom. The van der Waals surface area contributed by atoms with Crippen molar-refractivity contribution in [1.82, 2.24) is 4.31 Å². The van der Waals surface area contributed by atoms with E-state index in [1.165, 1.54) is 0 Å². The Labute approximate surface area is 112 Å². The number of carbonyl (C=O) groups is 1. The molecule has 0 atom stereocenters. The van der Waals surface area contributed by atoms with E-state index in [-0.39, 0.29) is 0 Å². The number of rotatable bonds is 5. The van der Waals surface area contributed by atoms with Crippen molar-refractivity contribution in [2.75, 3.05) is 6.54 Å². The number of nitrogens with zero attached hydrogens (tertiary/aromatic N) is 1. The quantitative estimate of drug-likeness (QED) is 0.597. The van der Waals surface area contributed by atoms with Gasteiger partial charge in [0.05, 0.1) is 5.54 Å². The molecule has 0 aliphatic rings. The van der Waals surface area contributed by atoms with Crippen LogP contribution in [0.2, 0.25) is 5.02 Å². The van der Waals surface area contributed by atoms with Crippen molar-refractivity contribution < 1.29 is 4.79 Å². The zero-order chi connectivity index (χ0) is 13.1. The lowest BCUT2D eigenvalue weighted by Gasteiger charge is -2.32. The van der Waals surface area contributed by atoms with Crippen molar-refractivity contribution in [2.24, 2.45) is 0 Å². The molecule has 0 amide bonds. The zero-order valence-corrected chi connectivity index (χ0v) is 12.2. The lowest BCUT2D eigenvalue weighted by Crippen LogP contribution is -2.40. The lowest BCUT2D eigenvalue weighted by atomic mass is 10.1. The zero-order valence-electron chi connectivity index (χ0n) is 10.7. The van der Waals surface area contributed by atoms with E-state index in [0.717, 1.165) is 28.3 Å². The van der Waals surface area contributed by atoms with Crippen LogP contribution in [-0.2, 0) is 4.79 Å². The van der Waals surface area contributed by atoms with E-state index in [1.54, 1.807) is 11.9 Å². The molecule has 2 nitrogen and oxygen atoms in total. The Balaban J connectivity index is 2.96. The Morgan fingerprint density at radius 3 is 2.65 bits per heavy atom. The van der Waals surface area contributed by atoms with Crippen LogP contribution in [0.15, 0.2) is 23.1 Å². The van der Waals surface area contributed by atoms with Crippen molar-refractivity contribution in [3.05, 3.63) is 28.8 Å². The summed E-state index contributed by atoms with van der Waals surface area (Å²) < 4.78 is 2.05. The normalized spacial score (nSPS) is 11.9. The Hall–Kier alpha value is -0.510. The van der Waals surface area contributed by atoms with Gasteiger partial charge in [0.2, 0.25) is 0 Å². The van der Waals surface area contributed by atoms with Gasteiger partial charge in [-0.2, -0.15) is 0 Å². The molecule has 0 radical (unpaired) electrons. The molecule has 17 heavy (non-hydrogen) atoms. The highest BCUT2D eigenvalue weighted by Crippen LogP contribution is 2.33. The summed E-state index contributed by atoms with van der Waals surface area (Å²) in [5.41, 5.74) is 0.577. The first-order valence-electron chi connectivity index (χ1n) is 5.59. The fourth-order valence-electron chi connectivity index (χ4n) is 1.45. The van der Waals surface area contributed by atoms with E-state index < -0.39 is 5.54 Å². The number of hydrogen-bond donors (Lipinski definition) is 0. The maximum atomic E-state index is 11.1. The molecule has 1 aromatic rings. The number of aldehydes is 1. The average molecular weight is 272 g/mol. The highest BCUT2D eigenvalue weighted by molar-refractivity contribution is 7.97. The number of carbonyl (C=O) groups excluding carboxylic acids is 1. The topological polar surface area (TPSA) is 20.3 Å². The first kappa shape index (κ1) is 14.6. The third-order valence-electron chi connectivity index (χ3n) is 2.64. The molecule has 0 saturated heterocycles. The van der Waals surface area contributed by atoms with Gasteiger partial charge in [0.25, 0.3) is 0 Å². The molecule has 0 bridgehead atoms. The van der Waals surface area contributed by atoms with Crippen LogP contribution < -0.4 is 0 Å². The van der Waals surface area contributed by atoms with Gasteiger partial charge < -0.3 is 4.79 Å². The molecule has 0 aliphatic carbocycles. The SMILES string of the molecule is CCN(Sc1cccc(Cl)c1C)C(C)(C)C=O. The van der Waals surface area contributed by atoms with Gasteiger partial charge in [-0.15, -0.1) is 0 Å². The fourth-order valence-corrected chi connectivity index (χ4v) is 2.72. The third-order valence-corrected chi connectivity index (χ3v) is 4.64. The third kappa shape index (κ3) is 3.47. The van der Waals surface area contributed by atoms with Crippen LogP contribution in [0.1, 0.15) is 26.3 Å². The molecule has 0 heterocycles. The predicted molar refractivity (Wildman–Crippen MR) is 74.6 cm³/mol. The summed E-state index contributed by atoms with van der Waals surface area (Å²) in [5, 5.41) is 0.759. The van der Waals surface area contributed by atoms with Gasteiger partial charge in [0, 0.05) is 16.5 Å². The average Bonchev–Trinajstić information content (AvgIpc) is 2.30. The number of likely N-dealkylation sites (N-methyl/N-ethyl adjacent to an activating group) is 1. The van der Waals surface area contributed by atoms with Crippen LogP contribution in [0.3, 0.4) is 0 Å². The minimum absolute atomic E-state index is 0.478. The van der Waals surface area contributed by atoms with Gasteiger partial charge in [-0.25, -0.2) is 4.31 Å². The van der Waals surface area contributed by atoms with Crippen molar-refractivity contribution in [2.45, 2.75) is 38.1 Å². The van der Waals surface area contributed by atoms with Crippen LogP contribution >= 0.6 is 23.5 Å². The van der Waals surface area contributed by atoms with E-state index in [0.29, 0.717) is 0 Å². The van der Waals surface area contributed by atoms with Crippen LogP contribution in [0.25, 0.3) is 0 Å². The van der Waals surface area contributed by atoms with Gasteiger partial charge in [-0.05, 0) is 50.4 Å². The second-order valence-electron chi connectivity index (χ2n) is 4.42. The van der Waals surface area contributed by atoms with Gasteiger partial charge in [0.1, 0.15) is 6.29 Å². The van der Waals surface area contributed by atoms with Gasteiger partial charge in [-0.1, -0.05) is 24.6 Å². The molecule has 0 aliphatic heterocycles. The number of hydrogen-bond acceptors (Lipinski definition) is 3. The summed E-state index contributed by atoms with van der Waals surface area (Å²) in [5.74, 6) is 0. The summed E-state index contributed by atoms with van der Waals surface area (Å²) >= 11 is 7.67. The highest BCUT2D eigenvalue weighted by Gasteiger charge is 2.26. The summed E-state index contributed by atoms with van der Waals surface area (Å²) in [6.07, 6.45) is 0.976. The van der Waals surface area contributed by atoms with Crippen molar-refractivity contribution in [3.63, 3.8) is 0 Å². The van der Waals surface area contributed by atoms with Gasteiger partial charge in [-0.3, -0.25) is 0 Å². The smallest absolute Gasteiger partial charge is 0.140 e. The van der Waals surface area contributed by atoms with E-state index in [2.05, 4.69) is 4.31 Å². The van der Waals surface area contributed by atoms with Crippen LogP contribution in [0.5, 0.6) is 0 Å². The van der Waals surface area contributed by atoms with Crippen LogP contribution in [0.4, 0.5) is 0 Å². The monoisotopic (exact) mass is 271 g/mol. The minimum atomic E-state index is -0.478. The van der Waals surface area contributed by atoms with E-state index >= 15 is 0 Å². The highest BCUT2D eigenvalue weighted by atomic mass is 35.5. The molecular weight excluding hydrogens is 254 g/mol. The number of halogens is 1. The molecule has 0 N–H and O–H groups in total. The van der Waals surface area contributed by atoms with E-state index in [1.807, 2.05) is 45.9 Å². The summed E-state index contributed by atoms with van der Waals surface area (Å²) in [4.78, 5) is 12.2. The molecule has 0 spiro atoms. The minimum Gasteiger partial charge on any atom is -0.301 e. The number of benzene rings is 1. The Morgan fingerprint density at radius 1 is 1.47 bits per heavy atom. The predicted octanol–water partition coefficient (Wildman–Crippen LogP) is 3.95. The van der Waals surface area contributed by atoms with E-state index in [9.17, 15) is 4.79 Å². The van der Waals surface area contributed by atoms with E-state index in [4.69, 9.17) is 11.6 Å². The Bertz CT molecular complexity index is 406. The first-order chi connectivity index (χ1) is 7.92. The second kappa shape index (κ2) is 5.89. The lowest BCUT2D eigenvalue weighted by molar-refractivity contribution is -0.114. The summed E-state index contributed by atoms with van der Waals surface area (Å²) in [6.45, 7) is 8.65. The van der Waals surface area contributed by atoms with Gasteiger partial charge in [0.15, 0.2) is 0 Å². The molecule has 4 heteroatoms. The molecule has 0 saturated carbocycles. The summed E-state index contributed by atoms with van der Waals surface area (Å²) in [6, 6.07) is 5.83. The van der Waals surface area contributed by atoms with Gasteiger partial charge >= 0.3 is 0 Å². The molecular formula is C13H18ClNOS. The van der Waals surface area contributed by atoms with Crippen LogP contribution in [-0.4, -0.2) is 22.7 Å². The van der Waals surface area contributed by atoms with Crippen molar-refractivity contribution >= 4 is 29.8 Å². The summed E-state index contributed by atoms with van der Waals surface area (Å²) in [7, 11) is 0. The van der Waals surface area contributed by atoms with Crippen molar-refractivity contribution in [1.29, 1.82) is 0 Å². The molecule has 0 aromatic heterocycles. The molecule has 0 fully saturated rings. The first-order valence-corrected chi connectivity index (χ1v) is 6.74. The fraction of sp³-hybridized carbons (Fsp3) is 0.462. The Kier molecular flexibility index (Phi) is 5.04. The second-order valence-corrected chi connectivity index (χ2v) is 5.89.